The number of anilines is 1. The van der Waals surface area contributed by atoms with Gasteiger partial charge in [-0.1, -0.05) is 0 Å². The van der Waals surface area contributed by atoms with E-state index in [1.807, 2.05) is 25.2 Å². The normalized spacial score (nSPS) is 20.8. The predicted molar refractivity (Wildman–Crippen MR) is 87.8 cm³/mol. The monoisotopic (exact) mass is 374 g/mol. The van der Waals surface area contributed by atoms with Crippen LogP contribution in [0.4, 0.5) is 5.95 Å². The zero-order valence-electron chi connectivity index (χ0n) is 12.2. The standard InChI is InChI=1S/C14H23IN4/c1-10(2)19-7-5-6-11(9-19)13-12(15)8-16-14(17-13)18(3)4/h8,10-11H,5-7,9H2,1-4H3/t11-/m0/s1. The van der Waals surface area contributed by atoms with Crippen molar-refractivity contribution >= 4 is 28.5 Å². The second-order valence-electron chi connectivity index (χ2n) is 5.73. The second-order valence-corrected chi connectivity index (χ2v) is 6.89. The topological polar surface area (TPSA) is 32.3 Å². The molecule has 4 nitrogen and oxygen atoms in total. The maximum Gasteiger partial charge on any atom is 0.225 e. The van der Waals surface area contributed by atoms with E-state index in [1.165, 1.54) is 28.7 Å². The Morgan fingerprint density at radius 3 is 2.79 bits per heavy atom. The molecule has 0 N–H and O–H groups in total. The first-order chi connectivity index (χ1) is 8.99. The van der Waals surface area contributed by atoms with Crippen LogP contribution >= 0.6 is 22.6 Å². The fourth-order valence-electron chi connectivity index (χ4n) is 2.57. The van der Waals surface area contributed by atoms with E-state index in [4.69, 9.17) is 4.98 Å². The molecule has 2 rings (SSSR count). The molecule has 0 unspecified atom stereocenters. The molecule has 0 aromatic carbocycles. The highest BCUT2D eigenvalue weighted by molar-refractivity contribution is 14.1. The van der Waals surface area contributed by atoms with E-state index in [1.54, 1.807) is 0 Å². The molecule has 1 aromatic heterocycles. The molecule has 1 aromatic rings. The van der Waals surface area contributed by atoms with E-state index in [9.17, 15) is 0 Å². The van der Waals surface area contributed by atoms with Crippen molar-refractivity contribution in [1.82, 2.24) is 14.9 Å². The van der Waals surface area contributed by atoms with Gasteiger partial charge in [-0.25, -0.2) is 9.97 Å². The summed E-state index contributed by atoms with van der Waals surface area (Å²) >= 11 is 2.37. The third-order valence-electron chi connectivity index (χ3n) is 3.73. The lowest BCUT2D eigenvalue weighted by Crippen LogP contribution is -2.39. The summed E-state index contributed by atoms with van der Waals surface area (Å²) in [7, 11) is 3.99. The SMILES string of the molecule is CC(C)N1CCC[C@H](c2nc(N(C)C)ncc2I)C1. The second kappa shape index (κ2) is 6.35. The van der Waals surface area contributed by atoms with Gasteiger partial charge in [0.15, 0.2) is 0 Å². The lowest BCUT2D eigenvalue weighted by Gasteiger charge is -2.35. The van der Waals surface area contributed by atoms with Gasteiger partial charge in [-0.3, -0.25) is 0 Å². The summed E-state index contributed by atoms with van der Waals surface area (Å²) in [5.74, 6) is 1.36. The molecule has 0 bridgehead atoms. The molecule has 0 saturated carbocycles. The number of nitrogens with zero attached hydrogens (tertiary/aromatic N) is 4. The van der Waals surface area contributed by atoms with E-state index in [0.717, 1.165) is 12.5 Å². The maximum absolute atomic E-state index is 4.77. The van der Waals surface area contributed by atoms with Gasteiger partial charge in [0.05, 0.1) is 9.26 Å². The lowest BCUT2D eigenvalue weighted by atomic mass is 9.94. The van der Waals surface area contributed by atoms with Gasteiger partial charge in [-0.15, -0.1) is 0 Å². The van der Waals surface area contributed by atoms with E-state index < -0.39 is 0 Å². The van der Waals surface area contributed by atoms with Crippen LogP contribution in [0.3, 0.4) is 0 Å². The Bertz CT molecular complexity index is 433. The Morgan fingerprint density at radius 1 is 1.42 bits per heavy atom. The molecule has 0 amide bonds. The quantitative estimate of drug-likeness (QED) is 0.762. The predicted octanol–water partition coefficient (Wildman–Crippen LogP) is 2.74. The summed E-state index contributed by atoms with van der Waals surface area (Å²) < 4.78 is 1.19. The van der Waals surface area contributed by atoms with Crippen LogP contribution in [-0.4, -0.2) is 48.1 Å². The first-order valence-electron chi connectivity index (χ1n) is 6.93. The van der Waals surface area contributed by atoms with Crippen molar-refractivity contribution < 1.29 is 0 Å². The summed E-state index contributed by atoms with van der Waals surface area (Å²) in [6.07, 6.45) is 4.45. The van der Waals surface area contributed by atoms with Gasteiger partial charge in [0.1, 0.15) is 0 Å². The number of piperidine rings is 1. The number of rotatable bonds is 3. The summed E-state index contributed by atoms with van der Waals surface area (Å²) in [6, 6.07) is 0.621. The van der Waals surface area contributed by atoms with Gasteiger partial charge in [0, 0.05) is 38.8 Å². The minimum Gasteiger partial charge on any atom is -0.347 e. The van der Waals surface area contributed by atoms with Crippen LogP contribution in [0.25, 0.3) is 0 Å². The molecule has 1 fully saturated rings. The van der Waals surface area contributed by atoms with Crippen molar-refractivity contribution in [2.24, 2.45) is 0 Å². The van der Waals surface area contributed by atoms with Gasteiger partial charge >= 0.3 is 0 Å². The molecule has 1 saturated heterocycles. The lowest BCUT2D eigenvalue weighted by molar-refractivity contribution is 0.166. The Labute approximate surface area is 129 Å². The van der Waals surface area contributed by atoms with Crippen LogP contribution in [-0.2, 0) is 0 Å². The van der Waals surface area contributed by atoms with E-state index >= 15 is 0 Å². The van der Waals surface area contributed by atoms with Crippen molar-refractivity contribution in [2.75, 3.05) is 32.1 Å². The molecule has 0 spiro atoms. The summed E-state index contributed by atoms with van der Waals surface area (Å²) in [4.78, 5) is 13.7. The zero-order chi connectivity index (χ0) is 14.0. The van der Waals surface area contributed by atoms with Crippen molar-refractivity contribution in [3.63, 3.8) is 0 Å². The summed E-state index contributed by atoms with van der Waals surface area (Å²) in [6.45, 7) is 6.89. The molecule has 5 heteroatoms. The van der Waals surface area contributed by atoms with Gasteiger partial charge < -0.3 is 9.80 Å². The number of likely N-dealkylation sites (tertiary alicyclic amines) is 1. The number of aromatic nitrogens is 2. The van der Waals surface area contributed by atoms with Crippen molar-refractivity contribution in [1.29, 1.82) is 0 Å². The molecule has 106 valence electrons. The van der Waals surface area contributed by atoms with Crippen molar-refractivity contribution in [3.05, 3.63) is 15.5 Å². The molecule has 0 radical (unpaired) electrons. The Morgan fingerprint density at radius 2 is 2.16 bits per heavy atom. The average Bonchev–Trinajstić information content (AvgIpc) is 2.39. The molecule has 1 atom stereocenters. The van der Waals surface area contributed by atoms with Crippen molar-refractivity contribution in [2.45, 2.75) is 38.6 Å². The van der Waals surface area contributed by atoms with Gasteiger partial charge in [0.25, 0.3) is 0 Å². The van der Waals surface area contributed by atoms with E-state index in [-0.39, 0.29) is 0 Å². The summed E-state index contributed by atoms with van der Waals surface area (Å²) in [5.41, 5.74) is 1.23. The maximum atomic E-state index is 4.77. The third-order valence-corrected chi connectivity index (χ3v) is 4.56. The van der Waals surface area contributed by atoms with E-state index in [2.05, 4.69) is 46.3 Å². The molecule has 2 heterocycles. The number of hydrogen-bond donors (Lipinski definition) is 0. The van der Waals surface area contributed by atoms with Crippen LogP contribution < -0.4 is 4.90 Å². The van der Waals surface area contributed by atoms with Crippen LogP contribution in [0.5, 0.6) is 0 Å². The molecular weight excluding hydrogens is 351 g/mol. The van der Waals surface area contributed by atoms with Crippen LogP contribution in [0.15, 0.2) is 6.20 Å². The highest BCUT2D eigenvalue weighted by atomic mass is 127. The fraction of sp³-hybridized carbons (Fsp3) is 0.714. The van der Waals surface area contributed by atoms with Crippen LogP contribution in [0.2, 0.25) is 0 Å². The highest BCUT2D eigenvalue weighted by Crippen LogP contribution is 2.30. The van der Waals surface area contributed by atoms with Gasteiger partial charge in [0.2, 0.25) is 5.95 Å². The highest BCUT2D eigenvalue weighted by Gasteiger charge is 2.26. The number of hydrogen-bond acceptors (Lipinski definition) is 4. The average molecular weight is 374 g/mol. The Hall–Kier alpha value is -0.430. The smallest absolute Gasteiger partial charge is 0.225 e. The van der Waals surface area contributed by atoms with Crippen LogP contribution in [0, 0.1) is 3.57 Å². The first-order valence-corrected chi connectivity index (χ1v) is 8.00. The minimum absolute atomic E-state index is 0.546. The van der Waals surface area contributed by atoms with Crippen molar-refractivity contribution in [3.8, 4) is 0 Å². The molecular formula is C14H23IN4. The number of halogens is 1. The molecule has 19 heavy (non-hydrogen) atoms. The summed E-state index contributed by atoms with van der Waals surface area (Å²) in [5, 5.41) is 0. The molecule has 1 aliphatic rings. The van der Waals surface area contributed by atoms with E-state index in [0.29, 0.717) is 12.0 Å². The zero-order valence-corrected chi connectivity index (χ0v) is 14.4. The minimum atomic E-state index is 0.546. The van der Waals surface area contributed by atoms with Crippen LogP contribution in [0.1, 0.15) is 38.3 Å². The Balaban J connectivity index is 2.22. The van der Waals surface area contributed by atoms with Gasteiger partial charge in [-0.05, 0) is 55.8 Å². The molecule has 0 aliphatic carbocycles. The fourth-order valence-corrected chi connectivity index (χ4v) is 3.27. The van der Waals surface area contributed by atoms with Gasteiger partial charge in [-0.2, -0.15) is 0 Å². The molecule has 1 aliphatic heterocycles. The largest absolute Gasteiger partial charge is 0.347 e. The first kappa shape index (κ1) is 15.0. The third kappa shape index (κ3) is 3.56. The Kier molecular flexibility index (Phi) is 5.00.